The topological polar surface area (TPSA) is 50.8 Å². The van der Waals surface area contributed by atoms with E-state index in [1.54, 1.807) is 0 Å². The van der Waals surface area contributed by atoms with E-state index in [0.717, 1.165) is 16.6 Å². The Morgan fingerprint density at radius 3 is 2.33 bits per heavy atom. The maximum atomic E-state index is 6.32. The van der Waals surface area contributed by atoms with E-state index in [4.69, 9.17) is 10.5 Å². The van der Waals surface area contributed by atoms with Crippen LogP contribution >= 0.6 is 15.9 Å². The van der Waals surface area contributed by atoms with Crippen molar-refractivity contribution in [1.29, 1.82) is 0 Å². The van der Waals surface area contributed by atoms with Gasteiger partial charge in [0.2, 0.25) is 0 Å². The molecular weight excluding hydrogens is 330 g/mol. The summed E-state index contributed by atoms with van der Waals surface area (Å²) >= 11 is 3.48. The van der Waals surface area contributed by atoms with E-state index in [-0.39, 0.29) is 16.7 Å². The number of guanidine groups is 1. The van der Waals surface area contributed by atoms with Gasteiger partial charge in [0.15, 0.2) is 5.96 Å². The molecular formula is C16H22BrN3O. The molecule has 1 fully saturated rings. The molecule has 0 bridgehead atoms. The molecule has 2 N–H and O–H groups in total. The summed E-state index contributed by atoms with van der Waals surface area (Å²) in [7, 11) is 0. The standard InChI is InChI=1S/C16H22BrN3O/c1-14(2)9-16(15(3,4)21-14)10-19-13(18)20(16)12-7-5-11(17)6-8-12/h5-8H,9-10H2,1-4H3,(H2,18,19). The fourth-order valence-corrected chi connectivity index (χ4v) is 4.14. The number of benzene rings is 1. The largest absolute Gasteiger partial charge is 0.369 e. The number of aliphatic imine (C=N–C) groups is 1. The van der Waals surface area contributed by atoms with Crippen LogP contribution in [0, 0.1) is 0 Å². The van der Waals surface area contributed by atoms with Crippen LogP contribution in [0.25, 0.3) is 0 Å². The molecule has 2 aliphatic heterocycles. The molecule has 0 amide bonds. The van der Waals surface area contributed by atoms with Crippen molar-refractivity contribution in [3.63, 3.8) is 0 Å². The predicted octanol–water partition coefficient (Wildman–Crippen LogP) is 3.30. The van der Waals surface area contributed by atoms with E-state index in [0.29, 0.717) is 12.5 Å². The highest BCUT2D eigenvalue weighted by molar-refractivity contribution is 9.10. The lowest BCUT2D eigenvalue weighted by molar-refractivity contribution is -0.0764. The third kappa shape index (κ3) is 2.18. The molecule has 0 saturated carbocycles. The molecule has 21 heavy (non-hydrogen) atoms. The molecule has 1 aromatic carbocycles. The SMILES string of the molecule is CC1(C)CC2(CN=C(N)N2c2ccc(Br)cc2)C(C)(C)O1. The molecule has 114 valence electrons. The van der Waals surface area contributed by atoms with Crippen molar-refractivity contribution in [2.75, 3.05) is 11.4 Å². The number of ether oxygens (including phenoxy) is 1. The third-order valence-corrected chi connectivity index (χ3v) is 5.14. The second-order valence-electron chi connectivity index (χ2n) is 7.07. The number of rotatable bonds is 1. The lowest BCUT2D eigenvalue weighted by atomic mass is 9.78. The molecule has 1 atom stereocenters. The van der Waals surface area contributed by atoms with Gasteiger partial charge in [0.05, 0.1) is 23.3 Å². The van der Waals surface area contributed by atoms with Crippen molar-refractivity contribution in [3.8, 4) is 0 Å². The Kier molecular flexibility index (Phi) is 3.16. The van der Waals surface area contributed by atoms with Gasteiger partial charge in [-0.2, -0.15) is 0 Å². The van der Waals surface area contributed by atoms with Gasteiger partial charge in [-0.05, 0) is 52.0 Å². The molecule has 1 unspecified atom stereocenters. The highest BCUT2D eigenvalue weighted by Gasteiger charge is 2.62. The van der Waals surface area contributed by atoms with Crippen LogP contribution < -0.4 is 10.6 Å². The lowest BCUT2D eigenvalue weighted by Gasteiger charge is -2.44. The summed E-state index contributed by atoms with van der Waals surface area (Å²) in [6.45, 7) is 9.23. The van der Waals surface area contributed by atoms with Crippen LogP contribution in [0.5, 0.6) is 0 Å². The smallest absolute Gasteiger partial charge is 0.196 e. The Bertz CT molecular complexity index is 594. The molecule has 2 aliphatic rings. The second-order valence-corrected chi connectivity index (χ2v) is 7.98. The number of nitrogens with zero attached hydrogens (tertiary/aromatic N) is 2. The van der Waals surface area contributed by atoms with Gasteiger partial charge in [-0.15, -0.1) is 0 Å². The van der Waals surface area contributed by atoms with Gasteiger partial charge in [-0.25, -0.2) is 0 Å². The van der Waals surface area contributed by atoms with E-state index in [1.165, 1.54) is 0 Å². The maximum absolute atomic E-state index is 6.32. The highest BCUT2D eigenvalue weighted by Crippen LogP contribution is 2.51. The molecule has 0 aromatic heterocycles. The zero-order chi connectivity index (χ0) is 15.5. The van der Waals surface area contributed by atoms with Crippen molar-refractivity contribution in [3.05, 3.63) is 28.7 Å². The van der Waals surface area contributed by atoms with E-state index < -0.39 is 0 Å². The minimum absolute atomic E-state index is 0.183. The highest BCUT2D eigenvalue weighted by atomic mass is 79.9. The Labute approximate surface area is 134 Å². The van der Waals surface area contributed by atoms with Gasteiger partial charge in [0.25, 0.3) is 0 Å². The van der Waals surface area contributed by atoms with Gasteiger partial charge in [0, 0.05) is 16.6 Å². The van der Waals surface area contributed by atoms with Crippen molar-refractivity contribution >= 4 is 27.6 Å². The summed E-state index contributed by atoms with van der Waals surface area (Å²) in [5, 5.41) is 0. The molecule has 3 rings (SSSR count). The van der Waals surface area contributed by atoms with Gasteiger partial charge in [-0.1, -0.05) is 15.9 Å². The lowest BCUT2D eigenvalue weighted by Crippen LogP contribution is -2.61. The van der Waals surface area contributed by atoms with Crippen LogP contribution in [-0.4, -0.2) is 29.2 Å². The monoisotopic (exact) mass is 351 g/mol. The van der Waals surface area contributed by atoms with Crippen LogP contribution in [0.3, 0.4) is 0 Å². The Hall–Kier alpha value is -1.07. The average Bonchev–Trinajstić information content (AvgIpc) is 2.76. The molecule has 4 nitrogen and oxygen atoms in total. The summed E-state index contributed by atoms with van der Waals surface area (Å²) in [6, 6.07) is 8.20. The van der Waals surface area contributed by atoms with Crippen molar-refractivity contribution < 1.29 is 4.74 Å². The molecule has 0 aliphatic carbocycles. The first-order chi connectivity index (χ1) is 9.67. The van der Waals surface area contributed by atoms with Gasteiger partial charge in [-0.3, -0.25) is 4.99 Å². The normalized spacial score (nSPS) is 30.0. The summed E-state index contributed by atoms with van der Waals surface area (Å²) in [6.07, 6.45) is 0.896. The molecule has 1 spiro atoms. The van der Waals surface area contributed by atoms with Crippen LogP contribution in [-0.2, 0) is 4.74 Å². The molecule has 2 heterocycles. The van der Waals surface area contributed by atoms with Crippen LogP contribution in [0.15, 0.2) is 33.7 Å². The van der Waals surface area contributed by atoms with Gasteiger partial charge < -0.3 is 15.4 Å². The Balaban J connectivity index is 2.09. The van der Waals surface area contributed by atoms with Gasteiger partial charge >= 0.3 is 0 Å². The maximum Gasteiger partial charge on any atom is 0.196 e. The average molecular weight is 352 g/mol. The summed E-state index contributed by atoms with van der Waals surface area (Å²) < 4.78 is 7.37. The molecule has 5 heteroatoms. The first-order valence-electron chi connectivity index (χ1n) is 7.23. The zero-order valence-corrected chi connectivity index (χ0v) is 14.6. The minimum atomic E-state index is -0.325. The predicted molar refractivity (Wildman–Crippen MR) is 89.7 cm³/mol. The van der Waals surface area contributed by atoms with Crippen LogP contribution in [0.1, 0.15) is 34.1 Å². The summed E-state index contributed by atoms with van der Waals surface area (Å²) in [4.78, 5) is 6.70. The summed E-state index contributed by atoms with van der Waals surface area (Å²) in [5.74, 6) is 0.576. The Morgan fingerprint density at radius 2 is 1.81 bits per heavy atom. The molecule has 0 radical (unpaired) electrons. The number of halogens is 1. The van der Waals surface area contributed by atoms with E-state index >= 15 is 0 Å². The van der Waals surface area contributed by atoms with E-state index in [2.05, 4.69) is 65.6 Å². The van der Waals surface area contributed by atoms with Crippen LogP contribution in [0.4, 0.5) is 5.69 Å². The fourth-order valence-electron chi connectivity index (χ4n) is 3.88. The van der Waals surface area contributed by atoms with Crippen molar-refractivity contribution in [1.82, 2.24) is 0 Å². The molecule has 1 aromatic rings. The first-order valence-corrected chi connectivity index (χ1v) is 8.02. The third-order valence-electron chi connectivity index (χ3n) is 4.61. The van der Waals surface area contributed by atoms with Crippen molar-refractivity contribution in [2.24, 2.45) is 10.7 Å². The number of anilines is 1. The quantitative estimate of drug-likeness (QED) is 0.844. The minimum Gasteiger partial charge on any atom is -0.369 e. The Morgan fingerprint density at radius 1 is 1.19 bits per heavy atom. The van der Waals surface area contributed by atoms with E-state index in [1.807, 2.05) is 12.1 Å². The second kappa shape index (κ2) is 4.46. The number of hydrogen-bond donors (Lipinski definition) is 1. The number of hydrogen-bond acceptors (Lipinski definition) is 4. The van der Waals surface area contributed by atoms with E-state index in [9.17, 15) is 0 Å². The first kappa shape index (κ1) is 14.9. The number of nitrogens with two attached hydrogens (primary N) is 1. The van der Waals surface area contributed by atoms with Crippen molar-refractivity contribution in [2.45, 2.75) is 50.9 Å². The fraction of sp³-hybridized carbons (Fsp3) is 0.562. The summed E-state index contributed by atoms with van der Waals surface area (Å²) in [5.41, 5.74) is 6.55. The van der Waals surface area contributed by atoms with Gasteiger partial charge in [0.1, 0.15) is 0 Å². The molecule has 1 saturated heterocycles. The van der Waals surface area contributed by atoms with Crippen LogP contribution in [0.2, 0.25) is 0 Å². The zero-order valence-electron chi connectivity index (χ0n) is 13.0.